The van der Waals surface area contributed by atoms with Crippen LogP contribution in [0.3, 0.4) is 0 Å². The zero-order valence-corrected chi connectivity index (χ0v) is 10.3. The van der Waals surface area contributed by atoms with Crippen LogP contribution in [0.1, 0.15) is 23.2 Å². The van der Waals surface area contributed by atoms with Crippen LogP contribution in [0.5, 0.6) is 0 Å². The normalized spacial score (nSPS) is 10.5. The third-order valence-electron chi connectivity index (χ3n) is 2.40. The number of carboxylic acids is 1. The number of rotatable bonds is 7. The van der Waals surface area contributed by atoms with E-state index >= 15 is 0 Å². The molecule has 0 unspecified atom stereocenters. The van der Waals surface area contributed by atoms with E-state index in [1.807, 2.05) is 14.1 Å². The topological polar surface area (TPSA) is 65.5 Å². The molecule has 17 heavy (non-hydrogen) atoms. The molecule has 0 radical (unpaired) electrons. The van der Waals surface area contributed by atoms with Crippen LogP contribution in [0.25, 0.3) is 0 Å². The number of hydrogen-bond donors (Lipinski definition) is 2. The second-order valence-electron chi connectivity index (χ2n) is 4.16. The minimum absolute atomic E-state index is 0.222. The molecule has 0 fully saturated rings. The van der Waals surface area contributed by atoms with E-state index in [4.69, 9.17) is 5.11 Å². The average molecular weight is 237 g/mol. The van der Waals surface area contributed by atoms with Gasteiger partial charge in [-0.3, -0.25) is 4.98 Å². The molecule has 5 heteroatoms. The predicted molar refractivity (Wildman–Crippen MR) is 67.5 cm³/mol. The van der Waals surface area contributed by atoms with Crippen LogP contribution in [0, 0.1) is 0 Å². The van der Waals surface area contributed by atoms with Crippen LogP contribution < -0.4 is 5.32 Å². The van der Waals surface area contributed by atoms with E-state index in [9.17, 15) is 4.79 Å². The fraction of sp³-hybridized carbons (Fsp3) is 0.500. The summed E-state index contributed by atoms with van der Waals surface area (Å²) in [5, 5.41) is 12.1. The summed E-state index contributed by atoms with van der Waals surface area (Å²) in [7, 11) is 4.08. The van der Waals surface area contributed by atoms with Crippen LogP contribution in [-0.2, 0) is 0 Å². The molecule has 1 aromatic rings. The maximum atomic E-state index is 10.9. The van der Waals surface area contributed by atoms with Crippen LogP contribution in [0.4, 0.5) is 5.69 Å². The van der Waals surface area contributed by atoms with E-state index < -0.39 is 5.97 Å². The third kappa shape index (κ3) is 4.82. The van der Waals surface area contributed by atoms with Gasteiger partial charge in [0, 0.05) is 18.9 Å². The summed E-state index contributed by atoms with van der Waals surface area (Å²) in [6.07, 6.45) is 5.06. The molecule has 0 aromatic carbocycles. The molecule has 0 aliphatic carbocycles. The fourth-order valence-electron chi connectivity index (χ4n) is 1.50. The number of carboxylic acid groups (broad SMARTS) is 1. The molecule has 0 aliphatic rings. The maximum absolute atomic E-state index is 10.9. The van der Waals surface area contributed by atoms with Crippen LogP contribution in [0.15, 0.2) is 18.5 Å². The van der Waals surface area contributed by atoms with Gasteiger partial charge >= 0.3 is 5.97 Å². The SMILES string of the molecule is CN(C)CCCCNc1ccncc1C(=O)O. The van der Waals surface area contributed by atoms with E-state index in [1.165, 1.54) is 6.20 Å². The lowest BCUT2D eigenvalue weighted by Gasteiger charge is -2.11. The Balaban J connectivity index is 2.39. The highest BCUT2D eigenvalue weighted by Gasteiger charge is 2.08. The lowest BCUT2D eigenvalue weighted by molar-refractivity contribution is 0.0697. The Kier molecular flexibility index (Phi) is 5.42. The monoisotopic (exact) mass is 237 g/mol. The maximum Gasteiger partial charge on any atom is 0.339 e. The molecule has 0 amide bonds. The van der Waals surface area contributed by atoms with Gasteiger partial charge in [-0.25, -0.2) is 4.79 Å². The van der Waals surface area contributed by atoms with Gasteiger partial charge in [0.15, 0.2) is 0 Å². The number of nitrogens with one attached hydrogen (secondary N) is 1. The summed E-state index contributed by atoms with van der Waals surface area (Å²) >= 11 is 0. The molecule has 0 bridgehead atoms. The number of pyridine rings is 1. The van der Waals surface area contributed by atoms with E-state index in [0.29, 0.717) is 5.69 Å². The number of carbonyl (C=O) groups is 1. The van der Waals surface area contributed by atoms with Gasteiger partial charge in [-0.05, 0) is 39.5 Å². The van der Waals surface area contributed by atoms with Gasteiger partial charge in [-0.1, -0.05) is 0 Å². The zero-order chi connectivity index (χ0) is 12.7. The highest BCUT2D eigenvalue weighted by Crippen LogP contribution is 2.13. The first kappa shape index (κ1) is 13.4. The van der Waals surface area contributed by atoms with E-state index in [-0.39, 0.29) is 5.56 Å². The molecule has 5 nitrogen and oxygen atoms in total. The summed E-state index contributed by atoms with van der Waals surface area (Å²) in [6.45, 7) is 1.82. The summed E-state index contributed by atoms with van der Waals surface area (Å²) in [6, 6.07) is 1.69. The van der Waals surface area contributed by atoms with Crippen molar-refractivity contribution in [2.45, 2.75) is 12.8 Å². The Morgan fingerprint density at radius 2 is 2.24 bits per heavy atom. The van der Waals surface area contributed by atoms with Crippen molar-refractivity contribution in [1.82, 2.24) is 9.88 Å². The molecule has 94 valence electrons. The number of nitrogens with zero attached hydrogens (tertiary/aromatic N) is 2. The Morgan fingerprint density at radius 1 is 1.47 bits per heavy atom. The fourth-order valence-corrected chi connectivity index (χ4v) is 1.50. The summed E-state index contributed by atoms with van der Waals surface area (Å²) < 4.78 is 0. The number of unbranched alkanes of at least 4 members (excludes halogenated alkanes) is 1. The van der Waals surface area contributed by atoms with Crippen LogP contribution in [-0.4, -0.2) is 48.1 Å². The second-order valence-corrected chi connectivity index (χ2v) is 4.16. The summed E-state index contributed by atoms with van der Waals surface area (Å²) in [5.41, 5.74) is 0.859. The average Bonchev–Trinajstić information content (AvgIpc) is 2.28. The van der Waals surface area contributed by atoms with Gasteiger partial charge in [-0.2, -0.15) is 0 Å². The van der Waals surface area contributed by atoms with Crippen molar-refractivity contribution < 1.29 is 9.90 Å². The van der Waals surface area contributed by atoms with Gasteiger partial charge < -0.3 is 15.3 Å². The molecule has 0 atom stereocenters. The van der Waals surface area contributed by atoms with Crippen molar-refractivity contribution in [2.24, 2.45) is 0 Å². The van der Waals surface area contributed by atoms with Gasteiger partial charge in [0.1, 0.15) is 5.56 Å². The lowest BCUT2D eigenvalue weighted by Crippen LogP contribution is -2.14. The standard InChI is InChI=1S/C12H19N3O2/c1-15(2)8-4-3-6-14-11-5-7-13-9-10(11)12(16)17/h5,7,9H,3-4,6,8H2,1-2H3,(H,13,14)(H,16,17). The molecule has 2 N–H and O–H groups in total. The molecular weight excluding hydrogens is 218 g/mol. The Morgan fingerprint density at radius 3 is 2.88 bits per heavy atom. The van der Waals surface area contributed by atoms with Crippen LogP contribution in [0.2, 0.25) is 0 Å². The minimum atomic E-state index is -0.950. The molecule has 0 saturated carbocycles. The second kappa shape index (κ2) is 6.85. The first-order chi connectivity index (χ1) is 8.11. The van der Waals surface area contributed by atoms with Gasteiger partial charge in [-0.15, -0.1) is 0 Å². The molecule has 1 rings (SSSR count). The first-order valence-corrected chi connectivity index (χ1v) is 5.67. The lowest BCUT2D eigenvalue weighted by atomic mass is 10.2. The van der Waals surface area contributed by atoms with Crippen molar-refractivity contribution in [1.29, 1.82) is 0 Å². The quantitative estimate of drug-likeness (QED) is 0.704. The number of hydrogen-bond acceptors (Lipinski definition) is 4. The number of aromatic carboxylic acids is 1. The van der Waals surface area contributed by atoms with Gasteiger partial charge in [0.05, 0.1) is 5.69 Å². The molecule has 1 aromatic heterocycles. The molecule has 0 saturated heterocycles. The Hall–Kier alpha value is -1.62. The highest BCUT2D eigenvalue weighted by atomic mass is 16.4. The van der Waals surface area contributed by atoms with Crippen molar-refractivity contribution in [3.05, 3.63) is 24.0 Å². The van der Waals surface area contributed by atoms with E-state index in [1.54, 1.807) is 12.3 Å². The predicted octanol–water partition coefficient (Wildman–Crippen LogP) is 1.53. The van der Waals surface area contributed by atoms with Gasteiger partial charge in [0.25, 0.3) is 0 Å². The highest BCUT2D eigenvalue weighted by molar-refractivity contribution is 5.93. The minimum Gasteiger partial charge on any atom is -0.478 e. The smallest absolute Gasteiger partial charge is 0.339 e. The Labute approximate surface area is 101 Å². The molecule has 0 aliphatic heterocycles. The van der Waals surface area contributed by atoms with Crippen molar-refractivity contribution in [3.8, 4) is 0 Å². The Bertz CT molecular complexity index is 367. The zero-order valence-electron chi connectivity index (χ0n) is 10.3. The van der Waals surface area contributed by atoms with Gasteiger partial charge in [0.2, 0.25) is 0 Å². The number of aromatic nitrogens is 1. The molecular formula is C12H19N3O2. The van der Waals surface area contributed by atoms with Crippen molar-refractivity contribution in [2.75, 3.05) is 32.5 Å². The van der Waals surface area contributed by atoms with Crippen LogP contribution >= 0.6 is 0 Å². The molecule has 0 spiro atoms. The first-order valence-electron chi connectivity index (χ1n) is 5.67. The molecule has 1 heterocycles. The number of anilines is 1. The summed E-state index contributed by atoms with van der Waals surface area (Å²) in [5.74, 6) is -0.950. The largest absolute Gasteiger partial charge is 0.478 e. The van der Waals surface area contributed by atoms with E-state index in [2.05, 4.69) is 15.2 Å². The van der Waals surface area contributed by atoms with Crippen molar-refractivity contribution in [3.63, 3.8) is 0 Å². The summed E-state index contributed by atoms with van der Waals surface area (Å²) in [4.78, 5) is 16.9. The third-order valence-corrected chi connectivity index (χ3v) is 2.40. The van der Waals surface area contributed by atoms with E-state index in [0.717, 1.165) is 25.9 Å². The van der Waals surface area contributed by atoms with Crippen molar-refractivity contribution >= 4 is 11.7 Å².